The van der Waals surface area contributed by atoms with Crippen molar-refractivity contribution in [2.24, 2.45) is 0 Å². The summed E-state index contributed by atoms with van der Waals surface area (Å²) in [6.07, 6.45) is 5.04. The summed E-state index contributed by atoms with van der Waals surface area (Å²) < 4.78 is 7.34. The van der Waals surface area contributed by atoms with Crippen LogP contribution in [0, 0.1) is 6.92 Å². The Labute approximate surface area is 142 Å². The van der Waals surface area contributed by atoms with E-state index in [1.807, 2.05) is 23.4 Å². The predicted molar refractivity (Wildman–Crippen MR) is 88.8 cm³/mol. The second-order valence-electron chi connectivity index (χ2n) is 6.75. The molecule has 7 nitrogen and oxygen atoms in total. The van der Waals surface area contributed by atoms with E-state index < -0.39 is 0 Å². The van der Waals surface area contributed by atoms with E-state index in [2.05, 4.69) is 10.4 Å². The van der Waals surface area contributed by atoms with Crippen molar-refractivity contribution in [3.05, 3.63) is 17.5 Å². The van der Waals surface area contributed by atoms with Crippen molar-refractivity contribution in [2.45, 2.75) is 51.6 Å². The van der Waals surface area contributed by atoms with Gasteiger partial charge in [-0.25, -0.2) is 0 Å². The first-order valence-electron chi connectivity index (χ1n) is 8.76. The highest BCUT2D eigenvalue weighted by Gasteiger charge is 2.25. The fraction of sp³-hybridized carbons (Fsp3) is 0.706. The molecule has 1 aromatic rings. The van der Waals surface area contributed by atoms with Gasteiger partial charge >= 0.3 is 0 Å². The summed E-state index contributed by atoms with van der Waals surface area (Å²) in [4.78, 5) is 26.0. The fourth-order valence-corrected chi connectivity index (χ4v) is 3.52. The Bertz CT molecular complexity index is 607. The summed E-state index contributed by atoms with van der Waals surface area (Å²) >= 11 is 0. The van der Waals surface area contributed by atoms with E-state index in [1.165, 1.54) is 0 Å². The van der Waals surface area contributed by atoms with Gasteiger partial charge in [-0.15, -0.1) is 0 Å². The topological polar surface area (TPSA) is 76.5 Å². The number of nitrogens with one attached hydrogen (secondary N) is 1. The molecular weight excluding hydrogens is 308 g/mol. The van der Waals surface area contributed by atoms with Gasteiger partial charge in [0.1, 0.15) is 0 Å². The van der Waals surface area contributed by atoms with E-state index in [1.54, 1.807) is 6.20 Å². The first kappa shape index (κ1) is 17.0. The molecule has 2 saturated heterocycles. The molecule has 2 aliphatic rings. The molecule has 0 bridgehead atoms. The minimum absolute atomic E-state index is 0.0784. The summed E-state index contributed by atoms with van der Waals surface area (Å²) in [5, 5.41) is 7.41. The van der Waals surface area contributed by atoms with Gasteiger partial charge in [0.15, 0.2) is 0 Å². The number of hydrogen-bond donors (Lipinski definition) is 1. The lowest BCUT2D eigenvalue weighted by molar-refractivity contribution is -0.127. The molecule has 24 heavy (non-hydrogen) atoms. The average molecular weight is 334 g/mol. The molecule has 2 amide bonds. The van der Waals surface area contributed by atoms with Gasteiger partial charge in [-0.2, -0.15) is 5.10 Å². The van der Waals surface area contributed by atoms with Gasteiger partial charge in [0, 0.05) is 44.5 Å². The van der Waals surface area contributed by atoms with Gasteiger partial charge in [0.25, 0.3) is 5.91 Å². The van der Waals surface area contributed by atoms with Crippen LogP contribution in [0.25, 0.3) is 0 Å². The molecular formula is C17H26N4O3. The van der Waals surface area contributed by atoms with E-state index in [4.69, 9.17) is 4.74 Å². The fourth-order valence-electron chi connectivity index (χ4n) is 3.52. The molecule has 1 aromatic heterocycles. The molecule has 2 fully saturated rings. The summed E-state index contributed by atoms with van der Waals surface area (Å²) in [6, 6.07) is 0.227. The first-order valence-corrected chi connectivity index (χ1v) is 8.76. The Morgan fingerprint density at radius 3 is 2.88 bits per heavy atom. The maximum atomic E-state index is 12.5. The highest BCUT2D eigenvalue weighted by molar-refractivity contribution is 5.95. The molecule has 2 aliphatic heterocycles. The number of hydrogen-bond acceptors (Lipinski definition) is 4. The predicted octanol–water partition coefficient (Wildman–Crippen LogP) is 1.28. The summed E-state index contributed by atoms with van der Waals surface area (Å²) in [6.45, 7) is 6.71. The normalized spacial score (nSPS) is 20.4. The van der Waals surface area contributed by atoms with Crippen molar-refractivity contribution < 1.29 is 14.3 Å². The molecule has 1 N–H and O–H groups in total. The molecule has 1 atom stereocenters. The number of ether oxygens (including phenoxy) is 1. The lowest BCUT2D eigenvalue weighted by Gasteiger charge is -2.24. The zero-order valence-corrected chi connectivity index (χ0v) is 14.5. The highest BCUT2D eigenvalue weighted by Crippen LogP contribution is 2.23. The Balaban J connectivity index is 1.60. The van der Waals surface area contributed by atoms with E-state index in [0.29, 0.717) is 24.6 Å². The van der Waals surface area contributed by atoms with Crippen molar-refractivity contribution >= 4 is 11.8 Å². The van der Waals surface area contributed by atoms with Crippen molar-refractivity contribution in [1.82, 2.24) is 20.0 Å². The smallest absolute Gasteiger partial charge is 0.255 e. The number of carbonyl (C=O) groups is 2. The number of nitrogens with zero attached hydrogens (tertiary/aromatic N) is 3. The van der Waals surface area contributed by atoms with Crippen LogP contribution in [0.1, 0.15) is 54.7 Å². The zero-order chi connectivity index (χ0) is 17.1. The number of carbonyl (C=O) groups excluding carboxylic acids is 2. The lowest BCUT2D eigenvalue weighted by atomic mass is 10.1. The van der Waals surface area contributed by atoms with E-state index >= 15 is 0 Å². The van der Waals surface area contributed by atoms with Crippen LogP contribution in [0.15, 0.2) is 6.20 Å². The van der Waals surface area contributed by atoms with Gasteiger partial charge in [-0.05, 0) is 33.1 Å². The van der Waals surface area contributed by atoms with Crippen LogP contribution < -0.4 is 5.32 Å². The van der Waals surface area contributed by atoms with Crippen molar-refractivity contribution in [2.75, 3.05) is 26.3 Å². The molecule has 132 valence electrons. The van der Waals surface area contributed by atoms with E-state index in [9.17, 15) is 9.59 Å². The maximum Gasteiger partial charge on any atom is 0.255 e. The van der Waals surface area contributed by atoms with Gasteiger partial charge in [0.2, 0.25) is 5.91 Å². The lowest BCUT2D eigenvalue weighted by Crippen LogP contribution is -2.42. The number of likely N-dealkylation sites (tertiary alicyclic amines) is 1. The Morgan fingerprint density at radius 1 is 1.46 bits per heavy atom. The molecule has 3 rings (SSSR count). The van der Waals surface area contributed by atoms with Crippen molar-refractivity contribution in [3.63, 3.8) is 0 Å². The molecule has 0 saturated carbocycles. The summed E-state index contributed by atoms with van der Waals surface area (Å²) in [5.74, 6) is 0.0598. The van der Waals surface area contributed by atoms with E-state index in [-0.39, 0.29) is 17.9 Å². The third-order valence-corrected chi connectivity index (χ3v) is 4.87. The second-order valence-corrected chi connectivity index (χ2v) is 6.75. The number of aromatic nitrogens is 2. The molecule has 0 aliphatic carbocycles. The van der Waals surface area contributed by atoms with Crippen LogP contribution in [0.2, 0.25) is 0 Å². The van der Waals surface area contributed by atoms with Gasteiger partial charge < -0.3 is 15.0 Å². The van der Waals surface area contributed by atoms with Crippen LogP contribution >= 0.6 is 0 Å². The largest absolute Gasteiger partial charge is 0.381 e. The van der Waals surface area contributed by atoms with Gasteiger partial charge in [0.05, 0.1) is 17.8 Å². The van der Waals surface area contributed by atoms with Crippen molar-refractivity contribution in [3.8, 4) is 0 Å². The van der Waals surface area contributed by atoms with Crippen LogP contribution in [-0.2, 0) is 9.53 Å². The standard InChI is InChI=1S/C17H26N4O3/c1-12(11-20-7-3-4-16(20)22)19-17(23)15-10-18-21(13(15)2)14-5-8-24-9-6-14/h10,12,14H,3-9,11H2,1-2H3,(H,19,23). The maximum absolute atomic E-state index is 12.5. The molecule has 0 aromatic carbocycles. The summed E-state index contributed by atoms with van der Waals surface area (Å²) in [5.41, 5.74) is 1.50. The van der Waals surface area contributed by atoms with Crippen LogP contribution in [0.3, 0.4) is 0 Å². The summed E-state index contributed by atoms with van der Waals surface area (Å²) in [7, 11) is 0. The van der Waals surface area contributed by atoms with Gasteiger partial charge in [-0.3, -0.25) is 14.3 Å². The molecule has 0 spiro atoms. The molecule has 0 radical (unpaired) electrons. The van der Waals surface area contributed by atoms with Gasteiger partial charge in [-0.1, -0.05) is 0 Å². The highest BCUT2D eigenvalue weighted by atomic mass is 16.5. The molecule has 3 heterocycles. The average Bonchev–Trinajstić information content (AvgIpc) is 3.14. The van der Waals surface area contributed by atoms with Crippen molar-refractivity contribution in [1.29, 1.82) is 0 Å². The zero-order valence-electron chi connectivity index (χ0n) is 14.5. The number of rotatable bonds is 5. The first-order chi connectivity index (χ1) is 11.6. The third-order valence-electron chi connectivity index (χ3n) is 4.87. The monoisotopic (exact) mass is 334 g/mol. The number of amides is 2. The molecule has 1 unspecified atom stereocenters. The SMILES string of the molecule is Cc1c(C(=O)NC(C)CN2CCCC2=O)cnn1C1CCOCC1. The minimum atomic E-state index is -0.120. The third kappa shape index (κ3) is 3.61. The molecule has 7 heteroatoms. The second kappa shape index (κ2) is 7.34. The van der Waals surface area contributed by atoms with Crippen LogP contribution in [-0.4, -0.2) is 58.8 Å². The van der Waals surface area contributed by atoms with Crippen LogP contribution in [0.5, 0.6) is 0 Å². The Hall–Kier alpha value is -1.89. The Kier molecular flexibility index (Phi) is 5.18. The Morgan fingerprint density at radius 2 is 2.21 bits per heavy atom. The quantitative estimate of drug-likeness (QED) is 0.880. The van der Waals surface area contributed by atoms with Crippen LogP contribution in [0.4, 0.5) is 0 Å². The van der Waals surface area contributed by atoms with E-state index in [0.717, 1.165) is 44.7 Å². The minimum Gasteiger partial charge on any atom is -0.381 e.